The van der Waals surface area contributed by atoms with E-state index >= 15 is 0 Å². The summed E-state index contributed by atoms with van der Waals surface area (Å²) >= 11 is 0. The Bertz CT molecular complexity index is 771. The summed E-state index contributed by atoms with van der Waals surface area (Å²) in [7, 11) is -4.64. The highest BCUT2D eigenvalue weighted by molar-refractivity contribution is 7.46. The molecule has 1 aliphatic rings. The second-order valence-electron chi connectivity index (χ2n) is 4.81. The number of phosphoric acid groups is 1. The highest BCUT2D eigenvalue weighted by Gasteiger charge is 2.42. The zero-order valence-electron chi connectivity index (χ0n) is 12.3. The molecule has 140 valence electrons. The van der Waals surface area contributed by atoms with Gasteiger partial charge in [0.2, 0.25) is 0 Å². The summed E-state index contributed by atoms with van der Waals surface area (Å²) in [4.78, 5) is 29.7. The van der Waals surface area contributed by atoms with Crippen LogP contribution < -0.4 is 5.73 Å². The zero-order chi connectivity index (χ0) is 18.8. The van der Waals surface area contributed by atoms with Gasteiger partial charge in [-0.2, -0.15) is 14.4 Å². The molecule has 25 heavy (non-hydrogen) atoms. The van der Waals surface area contributed by atoms with Crippen LogP contribution in [0, 0.1) is 6.08 Å². The summed E-state index contributed by atoms with van der Waals surface area (Å²) < 4.78 is 31.3. The van der Waals surface area contributed by atoms with E-state index in [4.69, 9.17) is 30.8 Å². The van der Waals surface area contributed by atoms with E-state index < -0.39 is 45.1 Å². The number of nitrogen functional groups attached to an aromatic ring is 1. The van der Waals surface area contributed by atoms with Gasteiger partial charge in [0.05, 0.1) is 12.9 Å². The number of aromatic nitrogens is 4. The normalized spacial score (nSPS) is 26.5. The monoisotopic (exact) mass is 383 g/mol. The molecule has 0 aliphatic carbocycles. The molecular weight excluding hydrogens is 368 g/mol. The molecular formula is C10H15FN5O8P. The number of halogens is 1. The van der Waals surface area contributed by atoms with Crippen molar-refractivity contribution in [1.29, 1.82) is 0 Å². The minimum absolute atomic E-state index is 0.0741. The van der Waals surface area contributed by atoms with Gasteiger partial charge in [0.25, 0.3) is 0 Å². The molecule has 0 bridgehead atoms. The van der Waals surface area contributed by atoms with Crippen LogP contribution in [0.15, 0.2) is 6.33 Å². The van der Waals surface area contributed by atoms with Crippen molar-refractivity contribution in [3.05, 3.63) is 12.4 Å². The third kappa shape index (κ3) is 5.10. The number of imidazole rings is 1. The first kappa shape index (κ1) is 19.6. The number of ether oxygens (including phenoxy) is 1. The Morgan fingerprint density at radius 3 is 2.56 bits per heavy atom. The number of nitrogens with two attached hydrogens (primary N) is 1. The Balaban J connectivity index is 0.000000185. The Morgan fingerprint density at radius 1 is 1.32 bits per heavy atom. The second-order valence-corrected chi connectivity index (χ2v) is 6.05. The summed E-state index contributed by atoms with van der Waals surface area (Å²) in [5, 5.41) is 27.0. The van der Waals surface area contributed by atoms with E-state index in [2.05, 4.69) is 29.2 Å². The lowest BCUT2D eigenvalue weighted by Gasteiger charge is -2.14. The SMILES string of the molecule is Nc1nc(F)nc2nc[nH]c12.O=P(O)(O)OC[C@H]1OC(O)[C@@H](O)[C@@H]1O. The molecule has 2 aromatic rings. The molecule has 15 heteroatoms. The van der Waals surface area contributed by atoms with Gasteiger partial charge < -0.3 is 40.6 Å². The van der Waals surface area contributed by atoms with Crippen LogP contribution in [-0.2, 0) is 13.8 Å². The maximum atomic E-state index is 12.4. The zero-order valence-corrected chi connectivity index (χ0v) is 13.2. The topological polar surface area (TPSA) is 217 Å². The molecule has 2 aromatic heterocycles. The van der Waals surface area contributed by atoms with Crippen molar-refractivity contribution in [3.8, 4) is 0 Å². The van der Waals surface area contributed by atoms with Gasteiger partial charge >= 0.3 is 13.9 Å². The number of hydrogen-bond donors (Lipinski definition) is 7. The first-order valence-corrected chi connectivity index (χ1v) is 8.13. The number of nitrogens with one attached hydrogen (secondary N) is 1. The van der Waals surface area contributed by atoms with E-state index in [0.717, 1.165) is 0 Å². The highest BCUT2D eigenvalue weighted by Crippen LogP contribution is 2.36. The average Bonchev–Trinajstić information content (AvgIpc) is 3.06. The van der Waals surface area contributed by atoms with Crippen molar-refractivity contribution in [1.82, 2.24) is 19.9 Å². The maximum Gasteiger partial charge on any atom is 0.469 e. The highest BCUT2D eigenvalue weighted by atomic mass is 31.2. The van der Waals surface area contributed by atoms with Crippen LogP contribution in [0.1, 0.15) is 0 Å². The quantitative estimate of drug-likeness (QED) is 0.218. The fourth-order valence-electron chi connectivity index (χ4n) is 1.87. The van der Waals surface area contributed by atoms with Crippen LogP contribution in [-0.4, -0.2) is 76.3 Å². The molecule has 0 amide bonds. The largest absolute Gasteiger partial charge is 0.469 e. The van der Waals surface area contributed by atoms with Crippen LogP contribution in [0.25, 0.3) is 11.2 Å². The Hall–Kier alpha value is -1.77. The van der Waals surface area contributed by atoms with Crippen LogP contribution in [0.2, 0.25) is 0 Å². The van der Waals surface area contributed by atoms with Gasteiger partial charge in [0, 0.05) is 0 Å². The lowest BCUT2D eigenvalue weighted by molar-refractivity contribution is -0.132. The van der Waals surface area contributed by atoms with Gasteiger partial charge in [0.1, 0.15) is 23.8 Å². The van der Waals surface area contributed by atoms with Gasteiger partial charge in [-0.3, -0.25) is 4.52 Å². The molecule has 0 saturated carbocycles. The summed E-state index contributed by atoms with van der Waals surface area (Å²) in [6, 6.07) is 0. The molecule has 0 spiro atoms. The molecule has 1 unspecified atom stereocenters. The molecule has 0 aromatic carbocycles. The number of rotatable bonds is 3. The molecule has 13 nitrogen and oxygen atoms in total. The fourth-order valence-corrected chi connectivity index (χ4v) is 2.21. The Morgan fingerprint density at radius 2 is 2.00 bits per heavy atom. The van der Waals surface area contributed by atoms with Crippen LogP contribution in [0.3, 0.4) is 0 Å². The number of aliphatic hydroxyl groups is 3. The van der Waals surface area contributed by atoms with Crippen LogP contribution in [0.5, 0.6) is 0 Å². The molecule has 1 fully saturated rings. The number of hydrogen-bond acceptors (Lipinski definition) is 10. The average molecular weight is 383 g/mol. The Kier molecular flexibility index (Phi) is 5.97. The van der Waals surface area contributed by atoms with Gasteiger partial charge in [-0.15, -0.1) is 0 Å². The first-order valence-electron chi connectivity index (χ1n) is 6.60. The van der Waals surface area contributed by atoms with E-state index in [-0.39, 0.29) is 11.5 Å². The molecule has 3 heterocycles. The van der Waals surface area contributed by atoms with Gasteiger partial charge in [0.15, 0.2) is 17.8 Å². The van der Waals surface area contributed by atoms with E-state index in [0.29, 0.717) is 5.52 Å². The van der Waals surface area contributed by atoms with Crippen molar-refractivity contribution in [3.63, 3.8) is 0 Å². The number of fused-ring (bicyclic) bond motifs is 1. The summed E-state index contributed by atoms with van der Waals surface area (Å²) in [5.41, 5.74) is 6.05. The van der Waals surface area contributed by atoms with E-state index in [1.807, 2.05) is 0 Å². The van der Waals surface area contributed by atoms with Crippen LogP contribution >= 0.6 is 7.82 Å². The molecule has 8 N–H and O–H groups in total. The minimum Gasteiger partial charge on any atom is -0.387 e. The summed E-state index contributed by atoms with van der Waals surface area (Å²) in [5.74, 6) is 0.0741. The predicted molar refractivity (Wildman–Crippen MR) is 76.9 cm³/mol. The minimum atomic E-state index is -4.64. The Labute approximate surface area is 138 Å². The van der Waals surface area contributed by atoms with Crippen molar-refractivity contribution in [2.45, 2.75) is 24.6 Å². The smallest absolute Gasteiger partial charge is 0.387 e. The molecule has 1 saturated heterocycles. The van der Waals surface area contributed by atoms with Gasteiger partial charge in [-0.05, 0) is 0 Å². The number of aliphatic hydroxyl groups excluding tert-OH is 3. The molecule has 4 atom stereocenters. The maximum absolute atomic E-state index is 12.4. The van der Waals surface area contributed by atoms with E-state index in [9.17, 15) is 8.96 Å². The van der Waals surface area contributed by atoms with Crippen LogP contribution in [0.4, 0.5) is 10.2 Å². The molecule has 0 radical (unpaired) electrons. The third-order valence-corrected chi connectivity index (χ3v) is 3.52. The number of phosphoric ester groups is 1. The number of anilines is 1. The predicted octanol–water partition coefficient (Wildman–Crippen LogP) is -2.39. The van der Waals surface area contributed by atoms with Gasteiger partial charge in [-0.25, -0.2) is 9.55 Å². The van der Waals surface area contributed by atoms with Gasteiger partial charge in [-0.1, -0.05) is 0 Å². The second kappa shape index (κ2) is 7.63. The molecule has 3 rings (SSSR count). The lowest BCUT2D eigenvalue weighted by atomic mass is 10.1. The number of nitrogens with zero attached hydrogens (tertiary/aromatic N) is 3. The molecule has 1 aliphatic heterocycles. The van der Waals surface area contributed by atoms with E-state index in [1.54, 1.807) is 0 Å². The van der Waals surface area contributed by atoms with Crippen molar-refractivity contribution in [2.24, 2.45) is 0 Å². The number of H-pyrrole nitrogens is 1. The standard InChI is InChI=1S/C5H4FN5.C5H11O8P/c6-5-10-3(7)2-4(11-5)9-1-8-2;6-3-2(1-12-14(9,10)11)13-5(8)4(3)7/h1H,(H3,7,8,9,10,11);2-8H,1H2,(H2,9,10,11)/t;2-,3-,4+,5?/m.1/s1. The van der Waals surface area contributed by atoms with Crippen molar-refractivity contribution < 1.29 is 43.3 Å². The summed E-state index contributed by atoms with van der Waals surface area (Å²) in [6.07, 6.45) is -5.14. The fraction of sp³-hybridized carbons (Fsp3) is 0.500. The van der Waals surface area contributed by atoms with Crippen molar-refractivity contribution in [2.75, 3.05) is 12.3 Å². The third-order valence-electron chi connectivity index (χ3n) is 3.03. The van der Waals surface area contributed by atoms with E-state index in [1.165, 1.54) is 6.33 Å². The van der Waals surface area contributed by atoms with Crippen molar-refractivity contribution >= 4 is 24.8 Å². The number of aromatic amines is 1. The summed E-state index contributed by atoms with van der Waals surface area (Å²) in [6.45, 7) is -0.612. The lowest BCUT2D eigenvalue weighted by Crippen LogP contribution is -2.34. The first-order chi connectivity index (χ1) is 11.6.